The molecular weight excluding hydrogens is 328 g/mol. The van der Waals surface area contributed by atoms with Crippen LogP contribution in [0, 0.1) is 17.8 Å². The Labute approximate surface area is 153 Å². The number of carbonyl (C=O) groups is 1. The highest BCUT2D eigenvalue weighted by atomic mass is 16.5. The number of para-hydroxylation sites is 1. The number of hydrogen-bond donors (Lipinski definition) is 2. The van der Waals surface area contributed by atoms with Crippen molar-refractivity contribution in [3.05, 3.63) is 29.8 Å². The van der Waals surface area contributed by atoms with Crippen LogP contribution in [-0.4, -0.2) is 46.4 Å². The van der Waals surface area contributed by atoms with E-state index in [9.17, 15) is 9.90 Å². The number of aliphatic hydroxyl groups is 1. The summed E-state index contributed by atoms with van der Waals surface area (Å²) in [5, 5.41) is 14.9. The molecule has 1 saturated carbocycles. The molecular formula is C21H26N2O3. The second kappa shape index (κ2) is 4.82. The van der Waals surface area contributed by atoms with Crippen molar-refractivity contribution >= 4 is 11.7 Å². The number of rotatable bonds is 2. The molecule has 5 aliphatic heterocycles. The SMILES string of the molecule is CC[C@H]1[C@@H]2C[C@H]3[C@@H]4Nc5ccccc5[C@]45C[C@@H]([C@H]2[C@H]5OC(C)=O)N3[C@@H]1O. The maximum atomic E-state index is 12.1. The minimum atomic E-state index is -0.357. The Bertz CT molecular complexity index is 797. The fraction of sp³-hybridized carbons (Fsp3) is 0.667. The summed E-state index contributed by atoms with van der Waals surface area (Å²) >= 11 is 0. The summed E-state index contributed by atoms with van der Waals surface area (Å²) < 4.78 is 6.11. The molecule has 1 aromatic carbocycles. The molecule has 1 unspecified atom stereocenters. The second-order valence-electron chi connectivity index (χ2n) is 8.99. The summed E-state index contributed by atoms with van der Waals surface area (Å²) in [7, 11) is 0. The summed E-state index contributed by atoms with van der Waals surface area (Å²) in [5.74, 6) is 0.887. The fourth-order valence-electron chi connectivity index (χ4n) is 7.73. The molecule has 10 atom stereocenters. The molecule has 2 N–H and O–H groups in total. The van der Waals surface area contributed by atoms with Crippen molar-refractivity contribution in [3.8, 4) is 0 Å². The van der Waals surface area contributed by atoms with Crippen LogP contribution in [0.2, 0.25) is 0 Å². The van der Waals surface area contributed by atoms with Gasteiger partial charge in [0.1, 0.15) is 12.3 Å². The van der Waals surface area contributed by atoms with E-state index >= 15 is 0 Å². The van der Waals surface area contributed by atoms with Gasteiger partial charge in [-0.05, 0) is 36.8 Å². The van der Waals surface area contributed by atoms with Crippen LogP contribution in [0.5, 0.6) is 0 Å². The average Bonchev–Trinajstić information content (AvgIpc) is 3.08. The predicted molar refractivity (Wildman–Crippen MR) is 96.5 cm³/mol. The van der Waals surface area contributed by atoms with E-state index in [1.165, 1.54) is 11.3 Å². The molecule has 5 heteroatoms. The first kappa shape index (κ1) is 15.5. The van der Waals surface area contributed by atoms with Gasteiger partial charge in [-0.3, -0.25) is 9.69 Å². The Hall–Kier alpha value is -1.59. The number of anilines is 1. The van der Waals surface area contributed by atoms with E-state index in [1.54, 1.807) is 6.92 Å². The van der Waals surface area contributed by atoms with Crippen LogP contribution < -0.4 is 5.32 Å². The monoisotopic (exact) mass is 354 g/mol. The lowest BCUT2D eigenvalue weighted by Crippen LogP contribution is -2.71. The van der Waals surface area contributed by atoms with Crippen LogP contribution in [0.4, 0.5) is 5.69 Å². The number of piperidine rings is 4. The lowest BCUT2D eigenvalue weighted by molar-refractivity contribution is -0.211. The van der Waals surface area contributed by atoms with E-state index in [0.717, 1.165) is 19.3 Å². The molecule has 1 spiro atoms. The first-order valence-electron chi connectivity index (χ1n) is 10.1. The molecule has 6 aliphatic rings. The Kier molecular flexibility index (Phi) is 2.86. The number of hydrogen-bond acceptors (Lipinski definition) is 5. The van der Waals surface area contributed by atoms with Crippen LogP contribution in [0.3, 0.4) is 0 Å². The maximum Gasteiger partial charge on any atom is 0.302 e. The van der Waals surface area contributed by atoms with E-state index in [1.807, 2.05) is 0 Å². The summed E-state index contributed by atoms with van der Waals surface area (Å²) in [6.07, 6.45) is 2.61. The van der Waals surface area contributed by atoms with Crippen LogP contribution in [0.25, 0.3) is 0 Å². The first-order valence-corrected chi connectivity index (χ1v) is 10.1. The average molecular weight is 354 g/mol. The van der Waals surface area contributed by atoms with Crippen molar-refractivity contribution in [2.24, 2.45) is 17.8 Å². The molecule has 5 fully saturated rings. The summed E-state index contributed by atoms with van der Waals surface area (Å²) in [5.41, 5.74) is 2.36. The topological polar surface area (TPSA) is 61.8 Å². The lowest BCUT2D eigenvalue weighted by atomic mass is 9.63. The Morgan fingerprint density at radius 1 is 1.38 bits per heavy atom. The third kappa shape index (κ3) is 1.51. The second-order valence-corrected chi connectivity index (χ2v) is 8.99. The zero-order valence-electron chi connectivity index (χ0n) is 15.3. The third-order valence-electron chi connectivity index (χ3n) is 8.30. The van der Waals surface area contributed by atoms with Crippen LogP contribution in [0.1, 0.15) is 38.7 Å². The van der Waals surface area contributed by atoms with Crippen LogP contribution in [-0.2, 0) is 14.9 Å². The molecule has 1 aliphatic carbocycles. The largest absolute Gasteiger partial charge is 0.461 e. The normalized spacial score (nSPS) is 51.7. The molecule has 0 radical (unpaired) electrons. The number of benzene rings is 1. The van der Waals surface area contributed by atoms with Crippen LogP contribution in [0.15, 0.2) is 24.3 Å². The minimum Gasteiger partial charge on any atom is -0.461 e. The minimum absolute atomic E-state index is 0.0901. The van der Waals surface area contributed by atoms with Crippen LogP contribution >= 0.6 is 0 Å². The number of aliphatic hydroxyl groups excluding tert-OH is 1. The number of nitrogens with one attached hydrogen (secondary N) is 1. The van der Waals surface area contributed by atoms with Gasteiger partial charge in [0, 0.05) is 36.5 Å². The van der Waals surface area contributed by atoms with Gasteiger partial charge in [-0.25, -0.2) is 0 Å². The van der Waals surface area contributed by atoms with E-state index in [4.69, 9.17) is 4.74 Å². The van der Waals surface area contributed by atoms with Gasteiger partial charge in [0.2, 0.25) is 0 Å². The standard InChI is InChI=1S/C21H26N2O3/c1-3-11-12-8-15-18-21(13-6-4-5-7-14(13)22-18)9-16(23(15)20(11)25)17(12)19(21)26-10(2)24/h4-7,11-12,15-20,22,25H,3,8-9H2,1-2H3/t11-,12-,15-,16-,17-,18-,19+,20+,21+/m0/s1. The van der Waals surface area contributed by atoms with E-state index < -0.39 is 0 Å². The van der Waals surface area contributed by atoms with Crippen molar-refractivity contribution in [1.29, 1.82) is 0 Å². The van der Waals surface area contributed by atoms with E-state index in [2.05, 4.69) is 41.4 Å². The summed E-state index contributed by atoms with van der Waals surface area (Å²) in [4.78, 5) is 14.5. The van der Waals surface area contributed by atoms with Crippen molar-refractivity contribution < 1.29 is 14.6 Å². The number of nitrogens with zero attached hydrogens (tertiary/aromatic N) is 1. The van der Waals surface area contributed by atoms with Crippen molar-refractivity contribution in [1.82, 2.24) is 4.90 Å². The van der Waals surface area contributed by atoms with Crippen molar-refractivity contribution in [3.63, 3.8) is 0 Å². The number of fused-ring (bicyclic) bond motifs is 2. The Morgan fingerprint density at radius 3 is 2.96 bits per heavy atom. The number of ether oxygens (including phenoxy) is 1. The molecule has 26 heavy (non-hydrogen) atoms. The quantitative estimate of drug-likeness (QED) is 0.797. The fourth-order valence-corrected chi connectivity index (χ4v) is 7.73. The highest BCUT2D eigenvalue weighted by molar-refractivity contribution is 5.69. The van der Waals surface area contributed by atoms with E-state index in [-0.39, 0.29) is 35.7 Å². The highest BCUT2D eigenvalue weighted by Gasteiger charge is 2.76. The Balaban J connectivity index is 1.57. The molecule has 7 rings (SSSR count). The molecule has 0 aromatic heterocycles. The third-order valence-corrected chi connectivity index (χ3v) is 8.30. The Morgan fingerprint density at radius 2 is 2.19 bits per heavy atom. The van der Waals surface area contributed by atoms with Gasteiger partial charge < -0.3 is 15.2 Å². The smallest absolute Gasteiger partial charge is 0.302 e. The van der Waals surface area contributed by atoms with Gasteiger partial charge in [-0.15, -0.1) is 0 Å². The molecule has 5 heterocycles. The molecule has 4 saturated heterocycles. The molecule has 0 amide bonds. The lowest BCUT2D eigenvalue weighted by Gasteiger charge is -2.61. The number of esters is 1. The van der Waals surface area contributed by atoms with Crippen molar-refractivity contribution in [2.75, 3.05) is 5.32 Å². The number of carbonyl (C=O) groups excluding carboxylic acids is 1. The van der Waals surface area contributed by atoms with Gasteiger partial charge in [-0.1, -0.05) is 25.1 Å². The van der Waals surface area contributed by atoms with Gasteiger partial charge >= 0.3 is 5.97 Å². The van der Waals surface area contributed by atoms with Gasteiger partial charge in [0.15, 0.2) is 0 Å². The predicted octanol–water partition coefficient (Wildman–Crippen LogP) is 2.10. The van der Waals surface area contributed by atoms with Crippen molar-refractivity contribution in [2.45, 2.75) is 69.0 Å². The molecule has 5 nitrogen and oxygen atoms in total. The highest BCUT2D eigenvalue weighted by Crippen LogP contribution is 2.68. The van der Waals surface area contributed by atoms with E-state index in [0.29, 0.717) is 23.9 Å². The molecule has 5 bridgehead atoms. The maximum absolute atomic E-state index is 12.1. The molecule has 138 valence electrons. The van der Waals surface area contributed by atoms with Gasteiger partial charge in [0.05, 0.1) is 11.5 Å². The molecule has 1 aromatic rings. The summed E-state index contributed by atoms with van der Waals surface area (Å²) in [6.45, 7) is 3.72. The van der Waals surface area contributed by atoms with Gasteiger partial charge in [-0.2, -0.15) is 0 Å². The zero-order chi connectivity index (χ0) is 17.8. The zero-order valence-corrected chi connectivity index (χ0v) is 15.3. The van der Waals surface area contributed by atoms with Gasteiger partial charge in [0.25, 0.3) is 0 Å². The summed E-state index contributed by atoms with van der Waals surface area (Å²) in [6, 6.07) is 9.39. The first-order chi connectivity index (χ1) is 12.6.